The predicted octanol–water partition coefficient (Wildman–Crippen LogP) is 4.82. The maximum absolute atomic E-state index is 13.8. The van der Waals surface area contributed by atoms with Gasteiger partial charge in [-0.3, -0.25) is 9.36 Å². The number of carbonyl (C=O) groups excluding carboxylic acids is 1. The van der Waals surface area contributed by atoms with E-state index in [1.165, 1.54) is 15.9 Å². The fraction of sp³-hybridized carbons (Fsp3) is 0.269. The molecule has 1 N–H and O–H groups in total. The van der Waals surface area contributed by atoms with Gasteiger partial charge in [0.2, 0.25) is 0 Å². The summed E-state index contributed by atoms with van der Waals surface area (Å²) in [6.07, 6.45) is 1.50. The number of aromatic hydroxyl groups is 1. The Hall–Kier alpha value is -2.69. The monoisotopic (exact) mass is 634 g/mol. The number of phenolic OH excluding ortho intramolecular Hbond substituents is 1. The first kappa shape index (κ1) is 26.4. The van der Waals surface area contributed by atoms with Gasteiger partial charge in [0.15, 0.2) is 4.80 Å². The summed E-state index contributed by atoms with van der Waals surface area (Å²) in [6, 6.07) is 9.99. The second-order valence-corrected chi connectivity index (χ2v) is 11.1. The molecule has 3 aromatic rings. The summed E-state index contributed by atoms with van der Waals surface area (Å²) in [5, 5.41) is 10.5. The number of halogens is 2. The first-order chi connectivity index (χ1) is 17.1. The van der Waals surface area contributed by atoms with Crippen LogP contribution in [-0.4, -0.2) is 28.4 Å². The Bertz CT molecular complexity index is 1560. The quantitative estimate of drug-likeness (QED) is 0.393. The Morgan fingerprint density at radius 2 is 2.00 bits per heavy atom. The van der Waals surface area contributed by atoms with Crippen molar-refractivity contribution in [3.05, 3.63) is 87.4 Å². The molecule has 1 aromatic heterocycles. The topological polar surface area (TPSA) is 90.1 Å². The number of ether oxygens (including phenoxy) is 2. The van der Waals surface area contributed by atoms with E-state index < -0.39 is 12.0 Å². The number of thiazole rings is 1. The van der Waals surface area contributed by atoms with Gasteiger partial charge in [-0.15, -0.1) is 0 Å². The third-order valence-electron chi connectivity index (χ3n) is 5.44. The van der Waals surface area contributed by atoms with Gasteiger partial charge in [0.25, 0.3) is 5.56 Å². The molecule has 1 aliphatic heterocycles. The molecule has 0 spiro atoms. The van der Waals surface area contributed by atoms with Gasteiger partial charge in [0, 0.05) is 15.6 Å². The molecule has 188 valence electrons. The van der Waals surface area contributed by atoms with E-state index >= 15 is 0 Å². The van der Waals surface area contributed by atoms with Crippen LogP contribution in [0.2, 0.25) is 0 Å². The molecule has 0 saturated heterocycles. The van der Waals surface area contributed by atoms with Crippen molar-refractivity contribution in [2.24, 2.45) is 4.99 Å². The van der Waals surface area contributed by atoms with Crippen molar-refractivity contribution in [3.63, 3.8) is 0 Å². The molecule has 2 heterocycles. The molecule has 4 rings (SSSR count). The molecular formula is C26H24Br2N2O5S. The zero-order valence-electron chi connectivity index (χ0n) is 20.0. The van der Waals surface area contributed by atoms with Gasteiger partial charge in [-0.2, -0.15) is 0 Å². The largest absolute Gasteiger partial charge is 0.506 e. The number of para-hydroxylation sites is 1. The van der Waals surface area contributed by atoms with E-state index in [2.05, 4.69) is 36.9 Å². The van der Waals surface area contributed by atoms with Gasteiger partial charge >= 0.3 is 5.97 Å². The average Bonchev–Trinajstić information content (AvgIpc) is 3.11. The van der Waals surface area contributed by atoms with E-state index in [-0.39, 0.29) is 29.6 Å². The molecule has 10 heteroatoms. The smallest absolute Gasteiger partial charge is 0.338 e. The highest BCUT2D eigenvalue weighted by atomic mass is 79.9. The molecule has 2 aromatic carbocycles. The molecule has 0 bridgehead atoms. The van der Waals surface area contributed by atoms with Gasteiger partial charge in [-0.25, -0.2) is 9.79 Å². The van der Waals surface area contributed by atoms with Crippen LogP contribution in [0.25, 0.3) is 6.08 Å². The zero-order valence-corrected chi connectivity index (χ0v) is 24.0. The normalized spacial score (nSPS) is 15.6. The summed E-state index contributed by atoms with van der Waals surface area (Å²) in [5.74, 6) is 0.0442. The highest BCUT2D eigenvalue weighted by Crippen LogP contribution is 2.36. The standard InChI is InChI=1S/C26H24Br2N2O5S/c1-5-34-25(33)21-14(4)29-26-30(22(21)17-8-6-7-9-19(17)35-13(2)3)24(32)20(36-26)11-15-10-16(27)12-18(28)23(15)31/h6-13,22,31H,5H2,1-4H3/b20-11-. The highest BCUT2D eigenvalue weighted by Gasteiger charge is 2.35. The Morgan fingerprint density at radius 1 is 1.28 bits per heavy atom. The van der Waals surface area contributed by atoms with Crippen molar-refractivity contribution in [1.29, 1.82) is 0 Å². The highest BCUT2D eigenvalue weighted by molar-refractivity contribution is 9.11. The zero-order chi connectivity index (χ0) is 26.1. The Morgan fingerprint density at radius 3 is 2.69 bits per heavy atom. The van der Waals surface area contributed by atoms with Crippen LogP contribution in [0.1, 0.15) is 44.9 Å². The van der Waals surface area contributed by atoms with Crippen LogP contribution in [0.3, 0.4) is 0 Å². The third-order valence-corrected chi connectivity index (χ3v) is 7.48. The lowest BCUT2D eigenvalue weighted by Crippen LogP contribution is -2.40. The van der Waals surface area contributed by atoms with Crippen molar-refractivity contribution >= 4 is 55.2 Å². The first-order valence-corrected chi connectivity index (χ1v) is 13.7. The van der Waals surface area contributed by atoms with Crippen molar-refractivity contribution in [1.82, 2.24) is 4.57 Å². The number of allylic oxidation sites excluding steroid dienone is 1. The maximum atomic E-state index is 13.8. The van der Waals surface area contributed by atoms with Crippen molar-refractivity contribution in [3.8, 4) is 11.5 Å². The van der Waals surface area contributed by atoms with Crippen molar-refractivity contribution in [2.75, 3.05) is 6.61 Å². The minimum absolute atomic E-state index is 0.0136. The summed E-state index contributed by atoms with van der Waals surface area (Å²) >= 11 is 7.93. The van der Waals surface area contributed by atoms with E-state index in [4.69, 9.17) is 9.47 Å². The molecule has 1 atom stereocenters. The minimum atomic E-state index is -0.791. The predicted molar refractivity (Wildman–Crippen MR) is 146 cm³/mol. The fourth-order valence-electron chi connectivity index (χ4n) is 3.99. The number of esters is 1. The van der Waals surface area contributed by atoms with Gasteiger partial charge < -0.3 is 14.6 Å². The van der Waals surface area contributed by atoms with Crippen molar-refractivity contribution < 1.29 is 19.4 Å². The SMILES string of the molecule is CCOC(=O)C1=C(C)N=c2s/c(=C\c3cc(Br)cc(Br)c3O)c(=O)n2C1c1ccccc1OC(C)C. The van der Waals surface area contributed by atoms with Crippen LogP contribution < -0.4 is 19.6 Å². The van der Waals surface area contributed by atoms with E-state index in [1.54, 1.807) is 32.1 Å². The summed E-state index contributed by atoms with van der Waals surface area (Å²) < 4.78 is 14.5. The second kappa shape index (κ2) is 10.7. The van der Waals surface area contributed by atoms with Crippen LogP contribution in [0.5, 0.6) is 11.5 Å². The van der Waals surface area contributed by atoms with Crippen LogP contribution in [-0.2, 0) is 9.53 Å². The lowest BCUT2D eigenvalue weighted by molar-refractivity contribution is -0.139. The molecule has 0 fully saturated rings. The second-order valence-electron chi connectivity index (χ2n) is 8.33. The van der Waals surface area contributed by atoms with Gasteiger partial charge in [0.05, 0.1) is 33.0 Å². The number of aromatic nitrogens is 1. The number of carbonyl (C=O) groups is 1. The molecule has 0 saturated carbocycles. The van der Waals surface area contributed by atoms with E-state index in [0.29, 0.717) is 36.4 Å². The Kier molecular flexibility index (Phi) is 7.87. The van der Waals surface area contributed by atoms with E-state index in [1.807, 2.05) is 38.1 Å². The number of hydrogen-bond donors (Lipinski definition) is 1. The maximum Gasteiger partial charge on any atom is 0.338 e. The van der Waals surface area contributed by atoms with Crippen LogP contribution >= 0.6 is 43.2 Å². The summed E-state index contributed by atoms with van der Waals surface area (Å²) in [4.78, 5) is 32.0. The lowest BCUT2D eigenvalue weighted by atomic mass is 9.95. The molecule has 0 radical (unpaired) electrons. The Labute approximate surface area is 228 Å². The fourth-order valence-corrected chi connectivity index (χ4v) is 6.29. The molecule has 0 aliphatic carbocycles. The summed E-state index contributed by atoms with van der Waals surface area (Å²) in [7, 11) is 0. The molecule has 36 heavy (non-hydrogen) atoms. The van der Waals surface area contributed by atoms with Crippen molar-refractivity contribution in [2.45, 2.75) is 39.8 Å². The molecule has 0 amide bonds. The third kappa shape index (κ3) is 5.07. The number of fused-ring (bicyclic) bond motifs is 1. The van der Waals surface area contributed by atoms with Crippen LogP contribution in [0.15, 0.2) is 66.4 Å². The lowest BCUT2D eigenvalue weighted by Gasteiger charge is -2.26. The van der Waals surface area contributed by atoms with Crippen LogP contribution in [0, 0.1) is 0 Å². The molecule has 7 nitrogen and oxygen atoms in total. The van der Waals surface area contributed by atoms with E-state index in [0.717, 1.165) is 4.47 Å². The van der Waals surface area contributed by atoms with Crippen LogP contribution in [0.4, 0.5) is 0 Å². The van der Waals surface area contributed by atoms with Gasteiger partial charge in [-0.1, -0.05) is 45.5 Å². The number of nitrogens with zero attached hydrogens (tertiary/aromatic N) is 2. The van der Waals surface area contributed by atoms with Gasteiger partial charge in [0.1, 0.15) is 17.5 Å². The molecular weight excluding hydrogens is 612 g/mol. The molecule has 1 unspecified atom stereocenters. The average molecular weight is 636 g/mol. The number of phenols is 1. The van der Waals surface area contributed by atoms with Gasteiger partial charge in [-0.05, 0) is 67.9 Å². The first-order valence-electron chi connectivity index (χ1n) is 11.3. The number of hydrogen-bond acceptors (Lipinski definition) is 7. The number of benzene rings is 2. The summed E-state index contributed by atoms with van der Waals surface area (Å²) in [5.41, 5.74) is 1.53. The molecule has 1 aliphatic rings. The minimum Gasteiger partial charge on any atom is -0.506 e. The summed E-state index contributed by atoms with van der Waals surface area (Å²) in [6.45, 7) is 7.49. The Balaban J connectivity index is 2.01. The van der Waals surface area contributed by atoms with E-state index in [9.17, 15) is 14.7 Å². The number of rotatable bonds is 6.